The Morgan fingerprint density at radius 2 is 1.82 bits per heavy atom. The van der Waals surface area contributed by atoms with Gasteiger partial charge in [-0.05, 0) is 23.6 Å². The largest absolute Gasteiger partial charge is 0.351 e. The molecule has 0 bridgehead atoms. The van der Waals surface area contributed by atoms with E-state index in [0.29, 0.717) is 18.0 Å². The molecule has 1 aliphatic rings. The van der Waals surface area contributed by atoms with Crippen LogP contribution < -0.4 is 16.2 Å². The molecule has 2 aromatic rings. The molecular formula is C17H18ClN3O. The molecule has 0 saturated carbocycles. The summed E-state index contributed by atoms with van der Waals surface area (Å²) in [5.74, 6) is -0.00842. The minimum atomic E-state index is -0.259. The summed E-state index contributed by atoms with van der Waals surface area (Å²) in [6.07, 6.45) is 0.671. The number of hydrazine groups is 1. The van der Waals surface area contributed by atoms with E-state index >= 15 is 0 Å². The average molecular weight is 316 g/mol. The Morgan fingerprint density at radius 3 is 2.59 bits per heavy atom. The highest BCUT2D eigenvalue weighted by Crippen LogP contribution is 2.28. The van der Waals surface area contributed by atoms with Gasteiger partial charge in [0.05, 0.1) is 0 Å². The molecule has 1 aliphatic heterocycles. The Labute approximate surface area is 134 Å². The van der Waals surface area contributed by atoms with Crippen molar-refractivity contribution in [3.05, 3.63) is 70.7 Å². The van der Waals surface area contributed by atoms with Crippen LogP contribution in [0.25, 0.3) is 0 Å². The van der Waals surface area contributed by atoms with Crippen LogP contribution >= 0.6 is 11.6 Å². The lowest BCUT2D eigenvalue weighted by atomic mass is 10.0. The lowest BCUT2D eigenvalue weighted by Gasteiger charge is -2.11. The summed E-state index contributed by atoms with van der Waals surface area (Å²) >= 11 is 6.20. The van der Waals surface area contributed by atoms with Gasteiger partial charge in [0.25, 0.3) is 0 Å². The lowest BCUT2D eigenvalue weighted by molar-refractivity contribution is -0.123. The van der Waals surface area contributed by atoms with Crippen LogP contribution in [0, 0.1) is 0 Å². The van der Waals surface area contributed by atoms with Crippen molar-refractivity contribution >= 4 is 17.5 Å². The van der Waals surface area contributed by atoms with E-state index in [0.717, 1.165) is 11.1 Å². The molecule has 0 aromatic heterocycles. The molecule has 3 N–H and O–H groups in total. The predicted molar refractivity (Wildman–Crippen MR) is 87.2 cm³/mol. The lowest BCUT2D eigenvalue weighted by Crippen LogP contribution is -2.42. The zero-order valence-corrected chi connectivity index (χ0v) is 12.8. The van der Waals surface area contributed by atoms with Crippen LogP contribution in [0.5, 0.6) is 0 Å². The highest BCUT2D eigenvalue weighted by molar-refractivity contribution is 6.31. The van der Waals surface area contributed by atoms with Crippen molar-refractivity contribution in [3.63, 3.8) is 0 Å². The Balaban J connectivity index is 1.56. The van der Waals surface area contributed by atoms with E-state index in [1.165, 1.54) is 0 Å². The molecule has 3 rings (SSSR count). The van der Waals surface area contributed by atoms with Gasteiger partial charge in [-0.2, -0.15) is 0 Å². The molecule has 0 aliphatic carbocycles. The summed E-state index contributed by atoms with van der Waals surface area (Å²) in [6, 6.07) is 17.3. The van der Waals surface area contributed by atoms with E-state index in [1.807, 2.05) is 54.6 Å². The maximum absolute atomic E-state index is 12.2. The van der Waals surface area contributed by atoms with E-state index in [4.69, 9.17) is 11.6 Å². The number of carbonyl (C=O) groups is 1. The van der Waals surface area contributed by atoms with E-state index < -0.39 is 0 Å². The first-order valence-corrected chi connectivity index (χ1v) is 7.69. The fourth-order valence-corrected chi connectivity index (χ4v) is 2.87. The fourth-order valence-electron chi connectivity index (χ4n) is 2.60. The van der Waals surface area contributed by atoms with Gasteiger partial charge in [0, 0.05) is 17.6 Å². The van der Waals surface area contributed by atoms with Crippen LogP contribution in [-0.2, 0) is 11.3 Å². The van der Waals surface area contributed by atoms with Crippen molar-refractivity contribution in [2.24, 2.45) is 0 Å². The second kappa shape index (κ2) is 6.92. The Morgan fingerprint density at radius 1 is 1.09 bits per heavy atom. The molecule has 2 aromatic carbocycles. The molecule has 0 spiro atoms. The van der Waals surface area contributed by atoms with Gasteiger partial charge in [-0.1, -0.05) is 60.1 Å². The molecule has 2 unspecified atom stereocenters. The molecule has 0 radical (unpaired) electrons. The maximum atomic E-state index is 12.2. The van der Waals surface area contributed by atoms with Crippen molar-refractivity contribution in [2.45, 2.75) is 25.0 Å². The number of rotatable bonds is 4. The van der Waals surface area contributed by atoms with Gasteiger partial charge in [-0.25, -0.2) is 10.9 Å². The number of hydrogen-bond acceptors (Lipinski definition) is 3. The maximum Gasteiger partial charge on any atom is 0.238 e. The fraction of sp³-hybridized carbons (Fsp3) is 0.235. The first-order chi connectivity index (χ1) is 10.7. The van der Waals surface area contributed by atoms with Gasteiger partial charge in [0.1, 0.15) is 6.04 Å². The summed E-state index contributed by atoms with van der Waals surface area (Å²) in [7, 11) is 0. The summed E-state index contributed by atoms with van der Waals surface area (Å²) < 4.78 is 0. The van der Waals surface area contributed by atoms with Crippen molar-refractivity contribution in [1.82, 2.24) is 16.2 Å². The number of nitrogens with one attached hydrogen (secondary N) is 3. The molecule has 1 saturated heterocycles. The van der Waals surface area contributed by atoms with E-state index in [1.54, 1.807) is 0 Å². The molecule has 1 fully saturated rings. The number of carbonyl (C=O) groups excluding carboxylic acids is 1. The molecule has 2 atom stereocenters. The number of halogens is 1. The topological polar surface area (TPSA) is 53.2 Å². The Hall–Kier alpha value is -1.88. The minimum absolute atomic E-state index is 0.00842. The van der Waals surface area contributed by atoms with Crippen LogP contribution in [0.2, 0.25) is 5.02 Å². The third-order valence-corrected chi connectivity index (χ3v) is 4.15. The van der Waals surface area contributed by atoms with Crippen LogP contribution in [0.1, 0.15) is 23.6 Å². The van der Waals surface area contributed by atoms with Gasteiger partial charge < -0.3 is 5.32 Å². The smallest absolute Gasteiger partial charge is 0.238 e. The Kier molecular flexibility index (Phi) is 4.73. The highest BCUT2D eigenvalue weighted by Gasteiger charge is 2.30. The van der Waals surface area contributed by atoms with Crippen molar-refractivity contribution in [3.8, 4) is 0 Å². The SMILES string of the molecule is O=C(NCc1ccccc1)C1CC(c2ccccc2Cl)NN1. The van der Waals surface area contributed by atoms with Gasteiger partial charge in [0.2, 0.25) is 5.91 Å². The summed E-state index contributed by atoms with van der Waals surface area (Å²) in [5.41, 5.74) is 8.29. The molecular weight excluding hydrogens is 298 g/mol. The first-order valence-electron chi connectivity index (χ1n) is 7.31. The molecule has 1 heterocycles. The standard InChI is InChI=1S/C17H18ClN3O/c18-14-9-5-4-8-13(14)15-10-16(21-20-15)17(22)19-11-12-6-2-1-3-7-12/h1-9,15-16,20-21H,10-11H2,(H,19,22). The number of amides is 1. The van der Waals surface area contributed by atoms with Crippen LogP contribution in [0.15, 0.2) is 54.6 Å². The Bertz CT molecular complexity index is 647. The summed E-state index contributed by atoms with van der Waals surface area (Å²) in [4.78, 5) is 12.2. The van der Waals surface area contributed by atoms with Crippen LogP contribution in [0.3, 0.4) is 0 Å². The third kappa shape index (κ3) is 3.47. The molecule has 4 nitrogen and oxygen atoms in total. The monoisotopic (exact) mass is 315 g/mol. The van der Waals surface area contributed by atoms with E-state index in [9.17, 15) is 4.79 Å². The van der Waals surface area contributed by atoms with Crippen molar-refractivity contribution < 1.29 is 4.79 Å². The second-order valence-electron chi connectivity index (χ2n) is 5.35. The molecule has 1 amide bonds. The van der Waals surface area contributed by atoms with Crippen LogP contribution in [-0.4, -0.2) is 11.9 Å². The average Bonchev–Trinajstić information content (AvgIpc) is 3.04. The zero-order chi connectivity index (χ0) is 15.4. The van der Waals surface area contributed by atoms with Gasteiger partial charge in [0.15, 0.2) is 0 Å². The molecule has 5 heteroatoms. The molecule has 22 heavy (non-hydrogen) atoms. The van der Waals surface area contributed by atoms with Gasteiger partial charge in [-0.3, -0.25) is 4.79 Å². The van der Waals surface area contributed by atoms with Crippen molar-refractivity contribution in [2.75, 3.05) is 0 Å². The number of benzene rings is 2. The van der Waals surface area contributed by atoms with Crippen molar-refractivity contribution in [1.29, 1.82) is 0 Å². The normalized spacial score (nSPS) is 20.8. The predicted octanol–water partition coefficient (Wildman–Crippen LogP) is 2.56. The zero-order valence-electron chi connectivity index (χ0n) is 12.1. The van der Waals surface area contributed by atoms with E-state index in [-0.39, 0.29) is 18.0 Å². The van der Waals surface area contributed by atoms with Crippen LogP contribution in [0.4, 0.5) is 0 Å². The quantitative estimate of drug-likeness (QED) is 0.813. The van der Waals surface area contributed by atoms with E-state index in [2.05, 4.69) is 16.2 Å². The minimum Gasteiger partial charge on any atom is -0.351 e. The summed E-state index contributed by atoms with van der Waals surface area (Å²) in [6.45, 7) is 0.536. The number of hydrogen-bond donors (Lipinski definition) is 3. The first kappa shape index (κ1) is 15.0. The van der Waals surface area contributed by atoms with Gasteiger partial charge in [-0.15, -0.1) is 0 Å². The third-order valence-electron chi connectivity index (χ3n) is 3.81. The van der Waals surface area contributed by atoms with Gasteiger partial charge >= 0.3 is 0 Å². The molecule has 114 valence electrons. The highest BCUT2D eigenvalue weighted by atomic mass is 35.5. The summed E-state index contributed by atoms with van der Waals surface area (Å²) in [5, 5.41) is 3.67. The second-order valence-corrected chi connectivity index (χ2v) is 5.76.